The number of amides is 2. The van der Waals surface area contributed by atoms with Crippen molar-refractivity contribution in [3.05, 3.63) is 29.6 Å². The number of carbonyl (C=O) groups excluding carboxylic acids is 2. The van der Waals surface area contributed by atoms with Gasteiger partial charge in [-0.25, -0.2) is 0 Å². The molecule has 0 aromatic carbocycles. The molecule has 1 aromatic heterocycles. The maximum absolute atomic E-state index is 12.9. The summed E-state index contributed by atoms with van der Waals surface area (Å²) in [5.74, 6) is 0.276. The summed E-state index contributed by atoms with van der Waals surface area (Å²) in [6.45, 7) is 4.80. The van der Waals surface area contributed by atoms with E-state index >= 15 is 0 Å². The highest BCUT2D eigenvalue weighted by atomic mass is 16.2. The van der Waals surface area contributed by atoms with Crippen molar-refractivity contribution in [3.63, 3.8) is 0 Å². The SMILES string of the molecule is Cc1cccnc1CN1CCC(=O)NC(C)(C2CC2)C1=O. The number of hydrogen-bond acceptors (Lipinski definition) is 3. The summed E-state index contributed by atoms with van der Waals surface area (Å²) in [6.07, 6.45) is 4.13. The molecule has 1 aliphatic carbocycles. The molecule has 1 aliphatic heterocycles. The first-order valence-electron chi connectivity index (χ1n) is 7.51. The number of rotatable bonds is 3. The van der Waals surface area contributed by atoms with Crippen LogP contribution in [0.25, 0.3) is 0 Å². The molecule has 0 bridgehead atoms. The summed E-state index contributed by atoms with van der Waals surface area (Å²) in [4.78, 5) is 31.0. The Kier molecular flexibility index (Phi) is 3.43. The zero-order valence-corrected chi connectivity index (χ0v) is 12.6. The molecule has 5 heteroatoms. The Morgan fingerprint density at radius 3 is 2.86 bits per heavy atom. The molecule has 2 aliphatic rings. The van der Waals surface area contributed by atoms with E-state index in [-0.39, 0.29) is 17.7 Å². The maximum Gasteiger partial charge on any atom is 0.248 e. The lowest BCUT2D eigenvalue weighted by Crippen LogP contribution is -2.56. The lowest BCUT2D eigenvalue weighted by molar-refractivity contribution is -0.139. The molecule has 0 spiro atoms. The van der Waals surface area contributed by atoms with Crippen LogP contribution in [-0.4, -0.2) is 33.8 Å². The standard InChI is InChI=1S/C16H21N3O2/c1-11-4-3-8-17-13(11)10-19-9-7-14(20)18-16(2,15(19)21)12-5-6-12/h3-4,8,12H,5-7,9-10H2,1-2H3,(H,18,20). The topological polar surface area (TPSA) is 62.3 Å². The molecule has 2 amide bonds. The van der Waals surface area contributed by atoms with Crippen molar-refractivity contribution in [3.8, 4) is 0 Å². The Hall–Kier alpha value is -1.91. The fourth-order valence-corrected chi connectivity index (χ4v) is 3.03. The van der Waals surface area contributed by atoms with Crippen LogP contribution >= 0.6 is 0 Å². The zero-order valence-electron chi connectivity index (χ0n) is 12.6. The van der Waals surface area contributed by atoms with E-state index in [1.54, 1.807) is 11.1 Å². The molecule has 1 N–H and O–H groups in total. The van der Waals surface area contributed by atoms with Crippen LogP contribution in [0.3, 0.4) is 0 Å². The number of nitrogens with one attached hydrogen (secondary N) is 1. The van der Waals surface area contributed by atoms with E-state index in [0.29, 0.717) is 19.5 Å². The van der Waals surface area contributed by atoms with Crippen LogP contribution in [0.4, 0.5) is 0 Å². The van der Waals surface area contributed by atoms with Crippen LogP contribution in [0.15, 0.2) is 18.3 Å². The molecule has 3 rings (SSSR count). The van der Waals surface area contributed by atoms with Gasteiger partial charge in [0.1, 0.15) is 5.54 Å². The van der Waals surface area contributed by atoms with Gasteiger partial charge in [0, 0.05) is 19.2 Å². The smallest absolute Gasteiger partial charge is 0.248 e. The van der Waals surface area contributed by atoms with Gasteiger partial charge >= 0.3 is 0 Å². The minimum Gasteiger partial charge on any atom is -0.342 e. The number of aryl methyl sites for hydroxylation is 1. The molecule has 2 fully saturated rings. The third kappa shape index (κ3) is 2.64. The minimum absolute atomic E-state index is 0.0286. The van der Waals surface area contributed by atoms with E-state index in [1.807, 2.05) is 26.0 Å². The summed E-state index contributed by atoms with van der Waals surface area (Å²) in [5, 5.41) is 2.95. The fraction of sp³-hybridized carbons (Fsp3) is 0.562. The number of nitrogens with zero attached hydrogens (tertiary/aromatic N) is 2. The van der Waals surface area contributed by atoms with Crippen molar-refractivity contribution >= 4 is 11.8 Å². The number of aromatic nitrogens is 1. The first-order chi connectivity index (χ1) is 10.0. The average Bonchev–Trinajstić information content (AvgIpc) is 3.28. The third-order valence-corrected chi connectivity index (χ3v) is 4.59. The van der Waals surface area contributed by atoms with Crippen molar-refractivity contribution in [2.24, 2.45) is 5.92 Å². The Balaban J connectivity index is 1.85. The van der Waals surface area contributed by atoms with Crippen LogP contribution in [0.5, 0.6) is 0 Å². The van der Waals surface area contributed by atoms with Crippen LogP contribution in [0, 0.1) is 12.8 Å². The summed E-state index contributed by atoms with van der Waals surface area (Å²) in [7, 11) is 0. The molecule has 21 heavy (non-hydrogen) atoms. The quantitative estimate of drug-likeness (QED) is 0.914. The van der Waals surface area contributed by atoms with Gasteiger partial charge in [0.05, 0.1) is 12.2 Å². The lowest BCUT2D eigenvalue weighted by atomic mass is 9.94. The Bertz CT molecular complexity index is 583. The molecule has 1 aromatic rings. The zero-order chi connectivity index (χ0) is 15.0. The van der Waals surface area contributed by atoms with Gasteiger partial charge in [0.25, 0.3) is 0 Å². The predicted molar refractivity (Wildman–Crippen MR) is 78.3 cm³/mol. The lowest BCUT2D eigenvalue weighted by Gasteiger charge is -2.32. The Morgan fingerprint density at radius 2 is 2.19 bits per heavy atom. The molecule has 2 heterocycles. The van der Waals surface area contributed by atoms with E-state index in [1.165, 1.54) is 0 Å². The summed E-state index contributed by atoms with van der Waals surface area (Å²) in [6, 6.07) is 3.89. The van der Waals surface area contributed by atoms with Gasteiger partial charge in [-0.3, -0.25) is 14.6 Å². The van der Waals surface area contributed by atoms with E-state index in [4.69, 9.17) is 0 Å². The highest BCUT2D eigenvalue weighted by Crippen LogP contribution is 2.41. The van der Waals surface area contributed by atoms with Crippen molar-refractivity contribution in [1.82, 2.24) is 15.2 Å². The Morgan fingerprint density at radius 1 is 1.43 bits per heavy atom. The van der Waals surface area contributed by atoms with Gasteiger partial charge in [-0.15, -0.1) is 0 Å². The number of carbonyl (C=O) groups is 2. The van der Waals surface area contributed by atoms with Gasteiger partial charge in [0.2, 0.25) is 11.8 Å². The van der Waals surface area contributed by atoms with Gasteiger partial charge < -0.3 is 10.2 Å². The van der Waals surface area contributed by atoms with Crippen molar-refractivity contribution in [1.29, 1.82) is 0 Å². The van der Waals surface area contributed by atoms with Crippen LogP contribution in [0.1, 0.15) is 37.4 Å². The van der Waals surface area contributed by atoms with E-state index in [0.717, 1.165) is 24.1 Å². The summed E-state index contributed by atoms with van der Waals surface area (Å²) >= 11 is 0. The second kappa shape index (κ2) is 5.13. The number of hydrogen-bond donors (Lipinski definition) is 1. The van der Waals surface area contributed by atoms with Crippen molar-refractivity contribution < 1.29 is 9.59 Å². The minimum atomic E-state index is -0.740. The predicted octanol–water partition coefficient (Wildman–Crippen LogP) is 1.41. The molecular formula is C16H21N3O2. The maximum atomic E-state index is 12.9. The second-order valence-electron chi connectivity index (χ2n) is 6.27. The summed E-state index contributed by atoms with van der Waals surface area (Å²) in [5.41, 5.74) is 1.23. The summed E-state index contributed by atoms with van der Waals surface area (Å²) < 4.78 is 0. The average molecular weight is 287 g/mol. The van der Waals surface area contributed by atoms with Crippen LogP contribution < -0.4 is 5.32 Å². The highest BCUT2D eigenvalue weighted by molar-refractivity contribution is 5.93. The van der Waals surface area contributed by atoms with E-state index in [2.05, 4.69) is 10.3 Å². The molecule has 5 nitrogen and oxygen atoms in total. The molecular weight excluding hydrogens is 266 g/mol. The molecule has 1 saturated carbocycles. The van der Waals surface area contributed by atoms with Gasteiger partial charge in [-0.1, -0.05) is 6.07 Å². The van der Waals surface area contributed by atoms with Gasteiger partial charge in [-0.05, 0) is 44.2 Å². The molecule has 112 valence electrons. The first-order valence-corrected chi connectivity index (χ1v) is 7.51. The largest absolute Gasteiger partial charge is 0.342 e. The van der Waals surface area contributed by atoms with Crippen LogP contribution in [-0.2, 0) is 16.1 Å². The third-order valence-electron chi connectivity index (χ3n) is 4.59. The van der Waals surface area contributed by atoms with Crippen molar-refractivity contribution in [2.75, 3.05) is 6.54 Å². The van der Waals surface area contributed by atoms with Gasteiger partial charge in [-0.2, -0.15) is 0 Å². The normalized spacial score (nSPS) is 26.5. The number of pyridine rings is 1. The Labute approximate surface area is 124 Å². The first kappa shape index (κ1) is 14.0. The van der Waals surface area contributed by atoms with Crippen molar-refractivity contribution in [2.45, 2.75) is 45.2 Å². The van der Waals surface area contributed by atoms with E-state index < -0.39 is 5.54 Å². The van der Waals surface area contributed by atoms with Gasteiger partial charge in [0.15, 0.2) is 0 Å². The highest BCUT2D eigenvalue weighted by Gasteiger charge is 2.51. The monoisotopic (exact) mass is 287 g/mol. The molecule has 1 atom stereocenters. The van der Waals surface area contributed by atoms with Crippen LogP contribution in [0.2, 0.25) is 0 Å². The molecule has 1 saturated heterocycles. The molecule has 1 unspecified atom stereocenters. The molecule has 0 radical (unpaired) electrons. The fourth-order valence-electron chi connectivity index (χ4n) is 3.03. The van der Waals surface area contributed by atoms with E-state index in [9.17, 15) is 9.59 Å². The second-order valence-corrected chi connectivity index (χ2v) is 6.27.